The summed E-state index contributed by atoms with van der Waals surface area (Å²) < 4.78 is 0. The second kappa shape index (κ2) is 5.83. The number of rotatable bonds is 6. The first-order valence-electron chi connectivity index (χ1n) is 4.64. The van der Waals surface area contributed by atoms with E-state index in [-0.39, 0.29) is 0 Å². The first-order chi connectivity index (χ1) is 7.68. The second-order valence-corrected chi connectivity index (χ2v) is 3.39. The third-order valence-electron chi connectivity index (χ3n) is 2.13. The highest BCUT2D eigenvalue weighted by molar-refractivity contribution is 5.89. The maximum atomic E-state index is 11.2. The topological polar surface area (TPSA) is 132 Å². The molecule has 0 aromatic carbocycles. The van der Waals surface area contributed by atoms with Crippen molar-refractivity contribution < 1.29 is 34.5 Å². The van der Waals surface area contributed by atoms with Crippen LogP contribution in [-0.4, -0.2) is 56.1 Å². The minimum atomic E-state index is -1.70. The van der Waals surface area contributed by atoms with E-state index in [1.807, 2.05) is 0 Å². The maximum absolute atomic E-state index is 11.2. The van der Waals surface area contributed by atoms with Gasteiger partial charge in [0.2, 0.25) is 5.91 Å². The summed E-state index contributed by atoms with van der Waals surface area (Å²) in [6.45, 7) is 2.10. The summed E-state index contributed by atoms with van der Waals surface area (Å²) >= 11 is 0. The largest absolute Gasteiger partial charge is 0.481 e. The number of nitrogens with zero attached hydrogens (tertiary/aromatic N) is 1. The van der Waals surface area contributed by atoms with Gasteiger partial charge in [0.1, 0.15) is 12.1 Å². The Hall–Kier alpha value is -2.12. The molecule has 8 nitrogen and oxygen atoms in total. The molecular weight excluding hydrogens is 234 g/mol. The van der Waals surface area contributed by atoms with Gasteiger partial charge in [0, 0.05) is 6.92 Å². The lowest BCUT2D eigenvalue weighted by Gasteiger charge is -2.30. The number of amides is 1. The standard InChI is InChI=1S/C9H13NO7/c1-4(8(14)15)10(5(2)11)6(9(16)17)3-7(12)13/h4,6H,3H2,1-2H3,(H,12,13)(H,14,15)(H,16,17)/t4-,6?/m0/s1. The summed E-state index contributed by atoms with van der Waals surface area (Å²) in [4.78, 5) is 43.8. The quantitative estimate of drug-likeness (QED) is 0.561. The van der Waals surface area contributed by atoms with E-state index in [0.717, 1.165) is 13.8 Å². The highest BCUT2D eigenvalue weighted by atomic mass is 16.4. The van der Waals surface area contributed by atoms with Gasteiger partial charge < -0.3 is 20.2 Å². The zero-order valence-corrected chi connectivity index (χ0v) is 9.28. The lowest BCUT2D eigenvalue weighted by Crippen LogP contribution is -2.52. The van der Waals surface area contributed by atoms with Gasteiger partial charge in [0.15, 0.2) is 0 Å². The Kier molecular flexibility index (Phi) is 5.10. The van der Waals surface area contributed by atoms with Gasteiger partial charge in [-0.3, -0.25) is 9.59 Å². The molecule has 0 aromatic heterocycles. The van der Waals surface area contributed by atoms with Crippen LogP contribution in [0.2, 0.25) is 0 Å². The number of carbonyl (C=O) groups is 4. The van der Waals surface area contributed by atoms with E-state index < -0.39 is 42.3 Å². The number of hydrogen-bond acceptors (Lipinski definition) is 4. The highest BCUT2D eigenvalue weighted by Crippen LogP contribution is 2.11. The van der Waals surface area contributed by atoms with E-state index in [2.05, 4.69) is 0 Å². The van der Waals surface area contributed by atoms with E-state index >= 15 is 0 Å². The van der Waals surface area contributed by atoms with Crippen molar-refractivity contribution in [3.05, 3.63) is 0 Å². The number of carboxylic acid groups (broad SMARTS) is 3. The van der Waals surface area contributed by atoms with Gasteiger partial charge in [-0.2, -0.15) is 0 Å². The van der Waals surface area contributed by atoms with Crippen molar-refractivity contribution in [2.75, 3.05) is 0 Å². The lowest BCUT2D eigenvalue weighted by atomic mass is 10.1. The Morgan fingerprint density at radius 1 is 1.06 bits per heavy atom. The van der Waals surface area contributed by atoms with Crippen LogP contribution in [0.3, 0.4) is 0 Å². The molecule has 0 fully saturated rings. The van der Waals surface area contributed by atoms with E-state index in [4.69, 9.17) is 15.3 Å². The average molecular weight is 247 g/mol. The zero-order chi connectivity index (χ0) is 13.7. The van der Waals surface area contributed by atoms with Crippen LogP contribution < -0.4 is 0 Å². The molecule has 0 aliphatic carbocycles. The van der Waals surface area contributed by atoms with Gasteiger partial charge in [-0.15, -0.1) is 0 Å². The molecule has 1 unspecified atom stereocenters. The van der Waals surface area contributed by atoms with Crippen molar-refractivity contribution in [1.29, 1.82) is 0 Å². The third kappa shape index (κ3) is 4.09. The van der Waals surface area contributed by atoms with E-state index in [9.17, 15) is 19.2 Å². The first kappa shape index (κ1) is 14.9. The van der Waals surface area contributed by atoms with E-state index in [1.54, 1.807) is 0 Å². The van der Waals surface area contributed by atoms with Crippen molar-refractivity contribution in [3.8, 4) is 0 Å². The van der Waals surface area contributed by atoms with Crippen LogP contribution in [-0.2, 0) is 19.2 Å². The van der Waals surface area contributed by atoms with Crippen LogP contribution in [0.5, 0.6) is 0 Å². The summed E-state index contributed by atoms with van der Waals surface area (Å²) in [6.07, 6.45) is -0.855. The molecule has 8 heteroatoms. The molecule has 0 radical (unpaired) electrons. The van der Waals surface area contributed by atoms with Crippen LogP contribution in [0.15, 0.2) is 0 Å². The maximum Gasteiger partial charge on any atom is 0.327 e. The summed E-state index contributed by atoms with van der Waals surface area (Å²) in [6, 6.07) is -3.11. The minimum Gasteiger partial charge on any atom is -0.481 e. The molecule has 0 saturated heterocycles. The van der Waals surface area contributed by atoms with Gasteiger partial charge in [0.05, 0.1) is 6.42 Å². The van der Waals surface area contributed by atoms with Crippen LogP contribution in [0, 0.1) is 0 Å². The number of carbonyl (C=O) groups excluding carboxylic acids is 1. The second-order valence-electron chi connectivity index (χ2n) is 3.39. The lowest BCUT2D eigenvalue weighted by molar-refractivity contribution is -0.160. The van der Waals surface area contributed by atoms with Crippen LogP contribution in [0.4, 0.5) is 0 Å². The average Bonchev–Trinajstić information content (AvgIpc) is 2.14. The number of hydrogen-bond donors (Lipinski definition) is 3. The molecule has 0 heterocycles. The normalized spacial score (nSPS) is 13.5. The van der Waals surface area contributed by atoms with Crippen molar-refractivity contribution >= 4 is 23.8 Å². The summed E-state index contributed by atoms with van der Waals surface area (Å²) in [5, 5.41) is 26.1. The van der Waals surface area contributed by atoms with Gasteiger partial charge in [0.25, 0.3) is 0 Å². The Bertz CT molecular complexity index is 351. The van der Waals surface area contributed by atoms with Gasteiger partial charge in [-0.05, 0) is 6.92 Å². The smallest absolute Gasteiger partial charge is 0.327 e. The molecule has 17 heavy (non-hydrogen) atoms. The van der Waals surface area contributed by atoms with Gasteiger partial charge >= 0.3 is 17.9 Å². The van der Waals surface area contributed by atoms with Crippen LogP contribution in [0.25, 0.3) is 0 Å². The predicted octanol–water partition coefficient (Wildman–Crippen LogP) is -0.764. The zero-order valence-electron chi connectivity index (χ0n) is 9.28. The Balaban J connectivity index is 5.23. The molecule has 0 aliphatic rings. The minimum absolute atomic E-state index is 0.527. The Morgan fingerprint density at radius 2 is 1.53 bits per heavy atom. The fourth-order valence-electron chi connectivity index (χ4n) is 1.35. The monoisotopic (exact) mass is 247 g/mol. The molecule has 0 bridgehead atoms. The molecule has 1 amide bonds. The van der Waals surface area contributed by atoms with Crippen molar-refractivity contribution in [3.63, 3.8) is 0 Å². The van der Waals surface area contributed by atoms with E-state index in [1.165, 1.54) is 0 Å². The highest BCUT2D eigenvalue weighted by Gasteiger charge is 2.36. The Morgan fingerprint density at radius 3 is 1.76 bits per heavy atom. The van der Waals surface area contributed by atoms with E-state index in [0.29, 0.717) is 4.90 Å². The summed E-state index contributed by atoms with van der Waals surface area (Å²) in [5.74, 6) is -5.21. The Labute approximate surface area is 96.4 Å². The summed E-state index contributed by atoms with van der Waals surface area (Å²) in [5.41, 5.74) is 0. The molecule has 96 valence electrons. The number of carboxylic acids is 3. The SMILES string of the molecule is CC(=O)N(C(CC(=O)O)C(=O)O)[C@@H](C)C(=O)O. The fraction of sp³-hybridized carbons (Fsp3) is 0.556. The van der Waals surface area contributed by atoms with Crippen molar-refractivity contribution in [1.82, 2.24) is 4.90 Å². The molecular formula is C9H13NO7. The molecule has 0 aliphatic heterocycles. The predicted molar refractivity (Wildman–Crippen MR) is 53.3 cm³/mol. The molecule has 2 atom stereocenters. The van der Waals surface area contributed by atoms with Crippen molar-refractivity contribution in [2.45, 2.75) is 32.4 Å². The summed E-state index contributed by atoms with van der Waals surface area (Å²) in [7, 11) is 0. The molecule has 3 N–H and O–H groups in total. The van der Waals surface area contributed by atoms with Crippen LogP contribution in [0.1, 0.15) is 20.3 Å². The van der Waals surface area contributed by atoms with Crippen molar-refractivity contribution in [2.24, 2.45) is 0 Å². The first-order valence-corrected chi connectivity index (χ1v) is 4.64. The number of aliphatic carboxylic acids is 3. The molecule has 0 saturated carbocycles. The molecule has 0 aromatic rings. The molecule has 0 rings (SSSR count). The molecule has 0 spiro atoms. The van der Waals surface area contributed by atoms with Gasteiger partial charge in [-0.25, -0.2) is 9.59 Å². The van der Waals surface area contributed by atoms with Crippen LogP contribution >= 0.6 is 0 Å². The fourth-order valence-corrected chi connectivity index (χ4v) is 1.35. The van der Waals surface area contributed by atoms with Gasteiger partial charge in [-0.1, -0.05) is 0 Å². The third-order valence-corrected chi connectivity index (χ3v) is 2.13.